The zero-order valence-corrected chi connectivity index (χ0v) is 10.5. The van der Waals surface area contributed by atoms with E-state index < -0.39 is 0 Å². The van der Waals surface area contributed by atoms with Gasteiger partial charge in [0.25, 0.3) is 0 Å². The van der Waals surface area contributed by atoms with Crippen molar-refractivity contribution in [3.63, 3.8) is 0 Å². The molecule has 4 heteroatoms. The summed E-state index contributed by atoms with van der Waals surface area (Å²) in [6.45, 7) is 11.0. The zero-order chi connectivity index (χ0) is 11.8. The number of nitrogens with zero attached hydrogens (tertiary/aromatic N) is 1. The summed E-state index contributed by atoms with van der Waals surface area (Å²) in [5.74, 6) is 1.69. The maximum atomic E-state index is 11.8. The normalized spacial score (nSPS) is 30.4. The minimum atomic E-state index is -0.117. The molecule has 0 saturated carbocycles. The van der Waals surface area contributed by atoms with E-state index in [1.165, 1.54) is 0 Å². The molecule has 2 fully saturated rings. The third kappa shape index (κ3) is 2.95. The van der Waals surface area contributed by atoms with E-state index in [0.29, 0.717) is 6.54 Å². The lowest BCUT2D eigenvalue weighted by Crippen LogP contribution is -2.45. The van der Waals surface area contributed by atoms with E-state index in [-0.39, 0.29) is 11.4 Å². The maximum absolute atomic E-state index is 11.8. The lowest BCUT2D eigenvalue weighted by Gasteiger charge is -2.23. The predicted molar refractivity (Wildman–Crippen MR) is 64.2 cm³/mol. The van der Waals surface area contributed by atoms with Gasteiger partial charge in [0.1, 0.15) is 0 Å². The monoisotopic (exact) mass is 225 g/mol. The third-order valence-corrected chi connectivity index (χ3v) is 3.35. The number of likely N-dealkylation sites (tertiary alicyclic amines) is 1. The van der Waals surface area contributed by atoms with Crippen LogP contribution in [-0.4, -0.2) is 49.1 Å². The predicted octanol–water partition coefficient (Wildman–Crippen LogP) is 0.0523. The van der Waals surface area contributed by atoms with Crippen molar-refractivity contribution in [1.82, 2.24) is 15.5 Å². The van der Waals surface area contributed by atoms with Crippen LogP contribution >= 0.6 is 0 Å². The summed E-state index contributed by atoms with van der Waals surface area (Å²) < 4.78 is 0. The van der Waals surface area contributed by atoms with Crippen LogP contribution in [0.4, 0.5) is 0 Å². The lowest BCUT2D eigenvalue weighted by atomic mass is 10.0. The van der Waals surface area contributed by atoms with Gasteiger partial charge in [0, 0.05) is 18.6 Å². The van der Waals surface area contributed by atoms with E-state index >= 15 is 0 Å². The first kappa shape index (κ1) is 11.9. The van der Waals surface area contributed by atoms with E-state index in [1.54, 1.807) is 0 Å². The highest BCUT2D eigenvalue weighted by molar-refractivity contribution is 5.78. The van der Waals surface area contributed by atoms with Gasteiger partial charge in [-0.25, -0.2) is 0 Å². The van der Waals surface area contributed by atoms with E-state index in [9.17, 15) is 4.79 Å². The second-order valence-electron chi connectivity index (χ2n) is 6.17. The Morgan fingerprint density at radius 1 is 1.31 bits per heavy atom. The van der Waals surface area contributed by atoms with Crippen LogP contribution < -0.4 is 10.6 Å². The van der Waals surface area contributed by atoms with Gasteiger partial charge in [-0.15, -0.1) is 0 Å². The molecule has 0 aromatic carbocycles. The average molecular weight is 225 g/mol. The van der Waals surface area contributed by atoms with Crippen molar-refractivity contribution >= 4 is 5.91 Å². The van der Waals surface area contributed by atoms with Crippen LogP contribution in [0.5, 0.6) is 0 Å². The minimum Gasteiger partial charge on any atom is -0.350 e. The van der Waals surface area contributed by atoms with E-state index in [2.05, 4.69) is 15.5 Å². The molecule has 2 N–H and O–H groups in total. The molecule has 2 rings (SSSR count). The maximum Gasteiger partial charge on any atom is 0.234 e. The zero-order valence-electron chi connectivity index (χ0n) is 10.5. The average Bonchev–Trinajstić information content (AvgIpc) is 2.58. The van der Waals surface area contributed by atoms with Crippen LogP contribution in [0.1, 0.15) is 20.8 Å². The number of hydrogen-bond donors (Lipinski definition) is 2. The van der Waals surface area contributed by atoms with Gasteiger partial charge in [-0.05, 0) is 45.7 Å². The first-order valence-electron chi connectivity index (χ1n) is 6.18. The number of hydrogen-bond acceptors (Lipinski definition) is 3. The quantitative estimate of drug-likeness (QED) is 0.698. The van der Waals surface area contributed by atoms with Gasteiger partial charge in [-0.2, -0.15) is 0 Å². The Balaban J connectivity index is 1.77. The number of carbonyl (C=O) groups excluding carboxylic acids is 1. The standard InChI is InChI=1S/C12H23N3O/c1-12(2,3)14-11(16)8-15-6-9-4-13-5-10(9)7-15/h9-10,13H,4-8H2,1-3H3,(H,14,16)/t9-,10+. The molecule has 2 atom stereocenters. The molecular formula is C12H23N3O. The molecule has 0 bridgehead atoms. The molecule has 2 heterocycles. The second-order valence-corrected chi connectivity index (χ2v) is 6.17. The van der Waals surface area contributed by atoms with Gasteiger partial charge in [0.15, 0.2) is 0 Å². The van der Waals surface area contributed by atoms with Crippen LogP contribution in [-0.2, 0) is 4.79 Å². The molecular weight excluding hydrogens is 202 g/mol. The molecule has 0 aliphatic carbocycles. The molecule has 0 unspecified atom stereocenters. The Labute approximate surface area is 97.8 Å². The highest BCUT2D eigenvalue weighted by atomic mass is 16.2. The lowest BCUT2D eigenvalue weighted by molar-refractivity contribution is -0.123. The Morgan fingerprint density at radius 2 is 1.88 bits per heavy atom. The molecule has 92 valence electrons. The molecule has 0 radical (unpaired) electrons. The van der Waals surface area contributed by atoms with Crippen LogP contribution in [0.25, 0.3) is 0 Å². The molecule has 16 heavy (non-hydrogen) atoms. The van der Waals surface area contributed by atoms with E-state index in [4.69, 9.17) is 0 Å². The van der Waals surface area contributed by atoms with Crippen molar-refractivity contribution in [2.24, 2.45) is 11.8 Å². The summed E-state index contributed by atoms with van der Waals surface area (Å²) in [4.78, 5) is 14.1. The van der Waals surface area contributed by atoms with Gasteiger partial charge < -0.3 is 10.6 Å². The first-order valence-corrected chi connectivity index (χ1v) is 6.18. The van der Waals surface area contributed by atoms with Gasteiger partial charge in [-0.1, -0.05) is 0 Å². The van der Waals surface area contributed by atoms with Crippen LogP contribution in [0.15, 0.2) is 0 Å². The fraction of sp³-hybridized carbons (Fsp3) is 0.917. The van der Waals surface area contributed by atoms with Crippen molar-refractivity contribution in [2.45, 2.75) is 26.3 Å². The third-order valence-electron chi connectivity index (χ3n) is 3.35. The van der Waals surface area contributed by atoms with Crippen molar-refractivity contribution in [1.29, 1.82) is 0 Å². The number of nitrogens with one attached hydrogen (secondary N) is 2. The van der Waals surface area contributed by atoms with Crippen molar-refractivity contribution < 1.29 is 4.79 Å². The smallest absolute Gasteiger partial charge is 0.234 e. The fourth-order valence-corrected chi connectivity index (χ4v) is 2.74. The number of fused-ring (bicyclic) bond motifs is 1. The Morgan fingerprint density at radius 3 is 2.38 bits per heavy atom. The number of carbonyl (C=O) groups is 1. The SMILES string of the molecule is CC(C)(C)NC(=O)CN1C[C@H]2CNC[C@H]2C1. The van der Waals surface area contributed by atoms with Crippen LogP contribution in [0, 0.1) is 11.8 Å². The molecule has 2 aliphatic heterocycles. The summed E-state index contributed by atoms with van der Waals surface area (Å²) in [7, 11) is 0. The molecule has 4 nitrogen and oxygen atoms in total. The molecule has 1 amide bonds. The minimum absolute atomic E-state index is 0.117. The van der Waals surface area contributed by atoms with Gasteiger partial charge in [0.05, 0.1) is 6.54 Å². The molecule has 0 spiro atoms. The Bertz CT molecular complexity index is 260. The fourth-order valence-electron chi connectivity index (χ4n) is 2.74. The Kier molecular flexibility index (Phi) is 3.22. The topological polar surface area (TPSA) is 44.4 Å². The largest absolute Gasteiger partial charge is 0.350 e. The number of amides is 1. The Hall–Kier alpha value is -0.610. The van der Waals surface area contributed by atoms with Gasteiger partial charge in [0.2, 0.25) is 5.91 Å². The van der Waals surface area contributed by atoms with Crippen molar-refractivity contribution in [3.05, 3.63) is 0 Å². The molecule has 2 aliphatic rings. The molecule has 2 saturated heterocycles. The summed E-state index contributed by atoms with van der Waals surface area (Å²) in [6, 6.07) is 0. The summed E-state index contributed by atoms with van der Waals surface area (Å²) in [6.07, 6.45) is 0. The summed E-state index contributed by atoms with van der Waals surface area (Å²) in [5, 5.41) is 6.42. The van der Waals surface area contributed by atoms with Crippen molar-refractivity contribution in [2.75, 3.05) is 32.7 Å². The highest BCUT2D eigenvalue weighted by Gasteiger charge is 2.36. The molecule has 0 aromatic heterocycles. The van der Waals surface area contributed by atoms with E-state index in [0.717, 1.165) is 38.0 Å². The van der Waals surface area contributed by atoms with Crippen molar-refractivity contribution in [3.8, 4) is 0 Å². The molecule has 0 aromatic rings. The first-order chi connectivity index (χ1) is 7.44. The van der Waals surface area contributed by atoms with E-state index in [1.807, 2.05) is 20.8 Å². The van der Waals surface area contributed by atoms with Gasteiger partial charge >= 0.3 is 0 Å². The summed E-state index contributed by atoms with van der Waals surface area (Å²) >= 11 is 0. The van der Waals surface area contributed by atoms with Crippen LogP contribution in [0.2, 0.25) is 0 Å². The summed E-state index contributed by atoms with van der Waals surface area (Å²) in [5.41, 5.74) is -0.117. The van der Waals surface area contributed by atoms with Gasteiger partial charge in [-0.3, -0.25) is 9.69 Å². The highest BCUT2D eigenvalue weighted by Crippen LogP contribution is 2.25. The van der Waals surface area contributed by atoms with Crippen LogP contribution in [0.3, 0.4) is 0 Å². The number of rotatable bonds is 2. The second kappa shape index (κ2) is 4.34.